The van der Waals surface area contributed by atoms with E-state index in [1.165, 1.54) is 32.1 Å². The second-order valence-corrected chi connectivity index (χ2v) is 5.81. The third-order valence-corrected chi connectivity index (χ3v) is 4.12. The van der Waals surface area contributed by atoms with Crippen LogP contribution >= 0.6 is 0 Å². The normalized spacial score (nSPS) is 23.2. The Balaban J connectivity index is 1.63. The topological polar surface area (TPSA) is 42.7 Å². The van der Waals surface area contributed by atoms with E-state index in [2.05, 4.69) is 28.4 Å². The standard InChI is InChI=1S/C16H22N4/c1-13-4-2-5-14(7-6-13)19-15-8-9-16(17-12-15)20-11-3-10-18-20/h3,8-14,19H,2,4-7H2,1H3. The zero-order valence-electron chi connectivity index (χ0n) is 12.0. The van der Waals surface area contributed by atoms with Gasteiger partial charge in [0.1, 0.15) is 0 Å². The minimum atomic E-state index is 0.595. The van der Waals surface area contributed by atoms with Crippen LogP contribution in [0.25, 0.3) is 5.82 Å². The summed E-state index contributed by atoms with van der Waals surface area (Å²) in [6, 6.07) is 6.60. The molecule has 1 aliphatic rings. The van der Waals surface area contributed by atoms with Crippen molar-refractivity contribution in [2.24, 2.45) is 5.92 Å². The molecule has 2 heterocycles. The molecule has 0 saturated heterocycles. The van der Waals surface area contributed by atoms with Crippen LogP contribution in [0.2, 0.25) is 0 Å². The van der Waals surface area contributed by atoms with Gasteiger partial charge in [-0.3, -0.25) is 0 Å². The fourth-order valence-electron chi connectivity index (χ4n) is 2.88. The second-order valence-electron chi connectivity index (χ2n) is 5.81. The average Bonchev–Trinajstić information content (AvgIpc) is 2.92. The number of rotatable bonds is 3. The van der Waals surface area contributed by atoms with Crippen LogP contribution in [-0.2, 0) is 0 Å². The predicted octanol–water partition coefficient (Wildman–Crippen LogP) is 3.65. The molecule has 106 valence electrons. The number of aromatic nitrogens is 3. The van der Waals surface area contributed by atoms with E-state index in [9.17, 15) is 0 Å². The van der Waals surface area contributed by atoms with Gasteiger partial charge in [0.15, 0.2) is 5.82 Å². The highest BCUT2D eigenvalue weighted by atomic mass is 15.3. The van der Waals surface area contributed by atoms with E-state index in [1.54, 1.807) is 10.9 Å². The van der Waals surface area contributed by atoms with Crippen molar-refractivity contribution in [3.63, 3.8) is 0 Å². The van der Waals surface area contributed by atoms with Gasteiger partial charge in [-0.15, -0.1) is 0 Å². The summed E-state index contributed by atoms with van der Waals surface area (Å²) in [7, 11) is 0. The Bertz CT molecular complexity index is 518. The van der Waals surface area contributed by atoms with Gasteiger partial charge in [-0.25, -0.2) is 9.67 Å². The maximum Gasteiger partial charge on any atom is 0.153 e. The Morgan fingerprint density at radius 2 is 2.15 bits per heavy atom. The van der Waals surface area contributed by atoms with Gasteiger partial charge in [0.25, 0.3) is 0 Å². The molecule has 20 heavy (non-hydrogen) atoms. The molecule has 4 nitrogen and oxygen atoms in total. The zero-order chi connectivity index (χ0) is 13.8. The third kappa shape index (κ3) is 3.18. The Hall–Kier alpha value is -1.84. The zero-order valence-corrected chi connectivity index (χ0v) is 12.0. The molecule has 3 rings (SSSR count). The van der Waals surface area contributed by atoms with Gasteiger partial charge in [-0.1, -0.05) is 19.8 Å². The molecule has 0 amide bonds. The van der Waals surface area contributed by atoms with Crippen LogP contribution in [0.3, 0.4) is 0 Å². The summed E-state index contributed by atoms with van der Waals surface area (Å²) < 4.78 is 1.77. The summed E-state index contributed by atoms with van der Waals surface area (Å²) in [4.78, 5) is 4.46. The van der Waals surface area contributed by atoms with Crippen molar-refractivity contribution in [1.82, 2.24) is 14.8 Å². The van der Waals surface area contributed by atoms with Gasteiger partial charge in [0, 0.05) is 18.4 Å². The monoisotopic (exact) mass is 270 g/mol. The van der Waals surface area contributed by atoms with E-state index in [0.717, 1.165) is 17.4 Å². The van der Waals surface area contributed by atoms with Crippen molar-refractivity contribution in [3.8, 4) is 5.82 Å². The molecule has 1 N–H and O–H groups in total. The van der Waals surface area contributed by atoms with Gasteiger partial charge in [-0.2, -0.15) is 5.10 Å². The van der Waals surface area contributed by atoms with Crippen LogP contribution in [0, 0.1) is 5.92 Å². The predicted molar refractivity (Wildman–Crippen MR) is 81.0 cm³/mol. The lowest BCUT2D eigenvalue weighted by molar-refractivity contribution is 0.502. The molecule has 4 heteroatoms. The smallest absolute Gasteiger partial charge is 0.153 e. The highest BCUT2D eigenvalue weighted by Gasteiger charge is 2.15. The van der Waals surface area contributed by atoms with Crippen molar-refractivity contribution >= 4 is 5.69 Å². The number of nitrogens with one attached hydrogen (secondary N) is 1. The van der Waals surface area contributed by atoms with E-state index in [1.807, 2.05) is 24.5 Å². The van der Waals surface area contributed by atoms with E-state index in [-0.39, 0.29) is 0 Å². The first kappa shape index (κ1) is 13.2. The molecular formula is C16H22N4. The molecule has 1 saturated carbocycles. The van der Waals surface area contributed by atoms with Gasteiger partial charge in [0.2, 0.25) is 0 Å². The van der Waals surface area contributed by atoms with Gasteiger partial charge in [0.05, 0.1) is 11.9 Å². The van der Waals surface area contributed by atoms with Crippen LogP contribution in [-0.4, -0.2) is 20.8 Å². The summed E-state index contributed by atoms with van der Waals surface area (Å²) in [5, 5.41) is 7.81. The van der Waals surface area contributed by atoms with Gasteiger partial charge >= 0.3 is 0 Å². The van der Waals surface area contributed by atoms with Crippen LogP contribution in [0.1, 0.15) is 39.0 Å². The van der Waals surface area contributed by atoms with Crippen LogP contribution < -0.4 is 5.32 Å². The Morgan fingerprint density at radius 3 is 2.90 bits per heavy atom. The minimum absolute atomic E-state index is 0.595. The lowest BCUT2D eigenvalue weighted by Crippen LogP contribution is -2.18. The van der Waals surface area contributed by atoms with Crippen LogP contribution in [0.4, 0.5) is 5.69 Å². The first-order valence-electron chi connectivity index (χ1n) is 7.54. The Labute approximate surface area is 120 Å². The quantitative estimate of drug-likeness (QED) is 0.866. The molecule has 1 aliphatic carbocycles. The van der Waals surface area contributed by atoms with Crippen molar-refractivity contribution in [3.05, 3.63) is 36.8 Å². The molecule has 0 aromatic carbocycles. The highest BCUT2D eigenvalue weighted by molar-refractivity contribution is 5.44. The lowest BCUT2D eigenvalue weighted by atomic mass is 10.0. The molecule has 2 aromatic heterocycles. The molecule has 2 aromatic rings. The van der Waals surface area contributed by atoms with Gasteiger partial charge in [-0.05, 0) is 43.4 Å². The average molecular weight is 270 g/mol. The lowest BCUT2D eigenvalue weighted by Gasteiger charge is -2.17. The highest BCUT2D eigenvalue weighted by Crippen LogP contribution is 2.24. The van der Waals surface area contributed by atoms with E-state index in [0.29, 0.717) is 6.04 Å². The van der Waals surface area contributed by atoms with Gasteiger partial charge < -0.3 is 5.32 Å². The summed E-state index contributed by atoms with van der Waals surface area (Å²) in [6.07, 6.45) is 12.1. The number of pyridine rings is 1. The molecular weight excluding hydrogens is 248 g/mol. The molecule has 0 spiro atoms. The second kappa shape index (κ2) is 6.07. The van der Waals surface area contributed by atoms with E-state index < -0.39 is 0 Å². The maximum atomic E-state index is 4.46. The molecule has 2 unspecified atom stereocenters. The summed E-state index contributed by atoms with van der Waals surface area (Å²) in [6.45, 7) is 2.36. The SMILES string of the molecule is CC1CCCC(Nc2ccc(-n3cccn3)nc2)CC1. The summed E-state index contributed by atoms with van der Waals surface area (Å²) >= 11 is 0. The summed E-state index contributed by atoms with van der Waals surface area (Å²) in [5.74, 6) is 1.73. The Morgan fingerprint density at radius 1 is 1.20 bits per heavy atom. The van der Waals surface area contributed by atoms with Crippen LogP contribution in [0.5, 0.6) is 0 Å². The molecule has 0 radical (unpaired) electrons. The summed E-state index contributed by atoms with van der Waals surface area (Å²) in [5.41, 5.74) is 1.11. The first-order chi connectivity index (χ1) is 9.81. The number of anilines is 1. The maximum absolute atomic E-state index is 4.46. The number of nitrogens with zero attached hydrogens (tertiary/aromatic N) is 3. The fourth-order valence-corrected chi connectivity index (χ4v) is 2.88. The van der Waals surface area contributed by atoms with Crippen molar-refractivity contribution < 1.29 is 0 Å². The molecule has 0 aliphatic heterocycles. The number of hydrogen-bond donors (Lipinski definition) is 1. The molecule has 1 fully saturated rings. The largest absolute Gasteiger partial charge is 0.381 e. The fraction of sp³-hybridized carbons (Fsp3) is 0.500. The third-order valence-electron chi connectivity index (χ3n) is 4.12. The first-order valence-corrected chi connectivity index (χ1v) is 7.54. The Kier molecular flexibility index (Phi) is 4.00. The molecule has 2 atom stereocenters. The van der Waals surface area contributed by atoms with Crippen molar-refractivity contribution in [2.45, 2.75) is 45.1 Å². The van der Waals surface area contributed by atoms with E-state index in [4.69, 9.17) is 0 Å². The number of hydrogen-bond acceptors (Lipinski definition) is 3. The molecule has 0 bridgehead atoms. The van der Waals surface area contributed by atoms with Crippen molar-refractivity contribution in [2.75, 3.05) is 5.32 Å². The van der Waals surface area contributed by atoms with E-state index >= 15 is 0 Å². The van der Waals surface area contributed by atoms with Crippen LogP contribution in [0.15, 0.2) is 36.8 Å². The van der Waals surface area contributed by atoms with Crippen molar-refractivity contribution in [1.29, 1.82) is 0 Å². The minimum Gasteiger partial charge on any atom is -0.381 e.